The average molecular weight is 517 g/mol. The Morgan fingerprint density at radius 1 is 0.966 bits per heavy atom. The van der Waals surface area contributed by atoms with E-state index in [0.29, 0.717) is 5.69 Å². The van der Waals surface area contributed by atoms with Gasteiger partial charge in [-0.1, -0.05) is 0 Å². The van der Waals surface area contributed by atoms with Gasteiger partial charge in [-0.3, -0.25) is 0 Å². The molecule has 0 atom stereocenters. The maximum absolute atomic E-state index is 13.0. The quantitative estimate of drug-likeness (QED) is 0.198. The van der Waals surface area contributed by atoms with E-state index in [2.05, 4.69) is 36.4 Å². The molecule has 156 valence electrons. The standard InChI is InChI=1S/C12H7N2OS.3C4H9.Sn/c15-11(9-4-2-1-3-5-9)10-12-14(8-13-10)6-7-16-12;3*1-3-4-2;/h1-6,8H;3*1,3-4H2,2H3;. The molecule has 29 heavy (non-hydrogen) atoms. The van der Waals surface area contributed by atoms with Crippen molar-refractivity contribution in [2.24, 2.45) is 0 Å². The number of hydrogen-bond acceptors (Lipinski definition) is 3. The summed E-state index contributed by atoms with van der Waals surface area (Å²) in [4.78, 5) is 18.6. The molecule has 3 rings (SSSR count). The Balaban J connectivity index is 2.01. The molecule has 5 heteroatoms. The molecule has 2 aromatic heterocycles. The van der Waals surface area contributed by atoms with Gasteiger partial charge in [0.25, 0.3) is 0 Å². The summed E-state index contributed by atoms with van der Waals surface area (Å²) in [6, 6.07) is 9.55. The van der Waals surface area contributed by atoms with Crippen molar-refractivity contribution in [3.05, 3.63) is 54.1 Å². The van der Waals surface area contributed by atoms with Crippen molar-refractivity contribution in [2.45, 2.75) is 72.6 Å². The second-order valence-corrected chi connectivity index (χ2v) is 23.4. The predicted octanol–water partition coefficient (Wildman–Crippen LogP) is 6.68. The molecule has 1 aromatic carbocycles. The number of ketones is 1. The van der Waals surface area contributed by atoms with Crippen LogP contribution in [0.3, 0.4) is 0 Å². The van der Waals surface area contributed by atoms with Crippen LogP contribution in [0.2, 0.25) is 13.3 Å². The van der Waals surface area contributed by atoms with Crippen LogP contribution in [-0.2, 0) is 0 Å². The van der Waals surface area contributed by atoms with Crippen molar-refractivity contribution in [3.8, 4) is 0 Å². The number of imidazole rings is 1. The van der Waals surface area contributed by atoms with Gasteiger partial charge in [0.15, 0.2) is 0 Å². The molecule has 0 fully saturated rings. The van der Waals surface area contributed by atoms with E-state index in [4.69, 9.17) is 0 Å². The van der Waals surface area contributed by atoms with Crippen molar-refractivity contribution < 1.29 is 4.79 Å². The molecule has 0 N–H and O–H groups in total. The summed E-state index contributed by atoms with van der Waals surface area (Å²) in [6.07, 6.45) is 12.1. The minimum absolute atomic E-state index is 0.0398. The number of carbonyl (C=O) groups is 1. The van der Waals surface area contributed by atoms with Crippen molar-refractivity contribution >= 4 is 43.2 Å². The Morgan fingerprint density at radius 3 is 2.10 bits per heavy atom. The molecule has 0 spiro atoms. The number of fused-ring (bicyclic) bond motifs is 1. The molecule has 2 heterocycles. The third-order valence-corrected chi connectivity index (χ3v) is 25.3. The van der Waals surface area contributed by atoms with Crippen LogP contribution in [-0.4, -0.2) is 33.5 Å². The van der Waals surface area contributed by atoms with E-state index in [1.165, 1.54) is 51.8 Å². The third kappa shape index (κ3) is 5.13. The van der Waals surface area contributed by atoms with Crippen molar-refractivity contribution in [3.63, 3.8) is 0 Å². The number of carbonyl (C=O) groups excluding carboxylic acids is 1. The molecule has 0 aliphatic heterocycles. The normalized spacial score (nSPS) is 12.0. The molecule has 0 saturated heterocycles. The zero-order valence-electron chi connectivity index (χ0n) is 18.1. The molecule has 0 aliphatic rings. The topological polar surface area (TPSA) is 34.4 Å². The molecule has 0 radical (unpaired) electrons. The van der Waals surface area contributed by atoms with Crippen LogP contribution in [0.15, 0.2) is 42.9 Å². The van der Waals surface area contributed by atoms with E-state index >= 15 is 0 Å². The maximum atomic E-state index is 13.0. The Bertz CT molecular complexity index is 894. The van der Waals surface area contributed by atoms with Gasteiger partial charge in [-0.25, -0.2) is 0 Å². The van der Waals surface area contributed by atoms with Crippen LogP contribution < -0.4 is 2.89 Å². The van der Waals surface area contributed by atoms with E-state index in [1.54, 1.807) is 2.89 Å². The second-order valence-electron chi connectivity index (χ2n) is 8.19. The van der Waals surface area contributed by atoms with Gasteiger partial charge < -0.3 is 0 Å². The van der Waals surface area contributed by atoms with E-state index in [9.17, 15) is 4.79 Å². The van der Waals surface area contributed by atoms with Crippen LogP contribution in [0.25, 0.3) is 4.83 Å². The number of unbranched alkanes of at least 4 members (excludes halogenated alkanes) is 3. The van der Waals surface area contributed by atoms with E-state index in [0.717, 1.165) is 10.4 Å². The van der Waals surface area contributed by atoms with Gasteiger partial charge in [0, 0.05) is 0 Å². The molecule has 0 unspecified atom stereocenters. The first-order chi connectivity index (χ1) is 14.1. The fourth-order valence-electron chi connectivity index (χ4n) is 4.22. The fourth-order valence-corrected chi connectivity index (χ4v) is 24.2. The van der Waals surface area contributed by atoms with E-state index in [-0.39, 0.29) is 5.78 Å². The first-order valence-corrected chi connectivity index (χ1v) is 19.5. The predicted molar refractivity (Wildman–Crippen MR) is 127 cm³/mol. The van der Waals surface area contributed by atoms with Crippen LogP contribution in [0.1, 0.15) is 75.3 Å². The zero-order valence-corrected chi connectivity index (χ0v) is 21.8. The van der Waals surface area contributed by atoms with Crippen LogP contribution in [0.5, 0.6) is 0 Å². The number of rotatable bonds is 12. The van der Waals surface area contributed by atoms with Gasteiger partial charge in [-0.2, -0.15) is 0 Å². The van der Waals surface area contributed by atoms with Crippen LogP contribution in [0.4, 0.5) is 0 Å². The molecule has 0 amide bonds. The van der Waals surface area contributed by atoms with E-state index in [1.807, 2.05) is 48.0 Å². The number of nitrogens with zero attached hydrogens (tertiary/aromatic N) is 2. The number of benzene rings is 1. The first kappa shape index (κ1) is 22.5. The van der Waals surface area contributed by atoms with E-state index < -0.39 is 18.4 Å². The van der Waals surface area contributed by atoms with Gasteiger partial charge in [0.2, 0.25) is 0 Å². The average Bonchev–Trinajstić information content (AvgIpc) is 3.35. The Hall–Kier alpha value is -1.14. The zero-order chi connectivity index (χ0) is 20.7. The molecular formula is C24H34N2OSSn. The first-order valence-electron chi connectivity index (χ1n) is 11.2. The van der Waals surface area contributed by atoms with Crippen molar-refractivity contribution in [1.82, 2.24) is 9.38 Å². The molecule has 3 aromatic rings. The SMILES string of the molecule is CCC[CH2][Sn]([CH2]CCC)([CH2]CCC)[c]1cn2cnc(C(=O)c3ccccc3)c2s1. The molecule has 0 bridgehead atoms. The van der Waals surface area contributed by atoms with Gasteiger partial charge in [0.1, 0.15) is 0 Å². The summed E-state index contributed by atoms with van der Waals surface area (Å²) in [5.41, 5.74) is 1.34. The Kier molecular flexibility index (Phi) is 8.36. The Labute approximate surface area is 183 Å². The molecule has 0 saturated carbocycles. The third-order valence-electron chi connectivity index (χ3n) is 6.01. The van der Waals surface area contributed by atoms with Crippen molar-refractivity contribution in [2.75, 3.05) is 0 Å². The number of aromatic nitrogens is 2. The summed E-state index contributed by atoms with van der Waals surface area (Å²) in [5.74, 6) is 0.0398. The minimum atomic E-state index is -2.48. The van der Waals surface area contributed by atoms with Gasteiger partial charge in [0.05, 0.1) is 0 Å². The number of hydrogen-bond donors (Lipinski definition) is 0. The summed E-state index contributed by atoms with van der Waals surface area (Å²) >= 11 is -0.594. The van der Waals surface area contributed by atoms with Crippen LogP contribution in [0, 0.1) is 0 Å². The van der Waals surface area contributed by atoms with Gasteiger partial charge in [-0.15, -0.1) is 0 Å². The molecule has 3 nitrogen and oxygen atoms in total. The molecule has 0 aliphatic carbocycles. The summed E-state index contributed by atoms with van der Waals surface area (Å²) in [5, 5.41) is 0. The molecular weight excluding hydrogens is 483 g/mol. The summed E-state index contributed by atoms with van der Waals surface area (Å²) in [7, 11) is 0. The van der Waals surface area contributed by atoms with Crippen LogP contribution >= 0.6 is 11.3 Å². The summed E-state index contributed by atoms with van der Waals surface area (Å²) in [6.45, 7) is 6.95. The fraction of sp³-hybridized carbons (Fsp3) is 0.500. The second kappa shape index (κ2) is 10.8. The summed E-state index contributed by atoms with van der Waals surface area (Å²) < 4.78 is 8.12. The van der Waals surface area contributed by atoms with Gasteiger partial charge >= 0.3 is 184 Å². The Morgan fingerprint density at radius 2 is 1.55 bits per heavy atom. The monoisotopic (exact) mass is 518 g/mol. The van der Waals surface area contributed by atoms with Gasteiger partial charge in [-0.05, 0) is 0 Å². The number of thiazole rings is 1. The van der Waals surface area contributed by atoms with Crippen molar-refractivity contribution in [1.29, 1.82) is 0 Å².